The Morgan fingerprint density at radius 3 is 2.60 bits per heavy atom. The number of nitrogens with one attached hydrogen (secondary N) is 1. The first-order valence-electron chi connectivity index (χ1n) is 8.32. The van der Waals surface area contributed by atoms with Crippen LogP contribution in [-0.4, -0.2) is 18.7 Å². The number of rotatable bonds is 6. The molecule has 0 fully saturated rings. The van der Waals surface area contributed by atoms with Crippen molar-refractivity contribution < 1.29 is 9.53 Å². The number of nitrogens with zero attached hydrogens (tertiary/aromatic N) is 1. The second-order valence-corrected chi connectivity index (χ2v) is 5.64. The number of carbonyl (C=O) groups is 1. The van der Waals surface area contributed by atoms with Gasteiger partial charge in [-0.2, -0.15) is 5.10 Å². The SMILES string of the molecule is CCCOc1ccc(C(=O)N/N=C\c2cccc3ccccc23)cc1. The number of benzene rings is 3. The van der Waals surface area contributed by atoms with Gasteiger partial charge in [-0.25, -0.2) is 5.43 Å². The van der Waals surface area contributed by atoms with Crippen LogP contribution in [0.2, 0.25) is 0 Å². The van der Waals surface area contributed by atoms with Gasteiger partial charge in [0.15, 0.2) is 0 Å². The molecule has 1 N–H and O–H groups in total. The average Bonchev–Trinajstić information content (AvgIpc) is 2.67. The molecule has 0 aliphatic rings. The maximum atomic E-state index is 12.2. The molecule has 0 radical (unpaired) electrons. The topological polar surface area (TPSA) is 50.7 Å². The van der Waals surface area contributed by atoms with Gasteiger partial charge in [0.1, 0.15) is 5.75 Å². The van der Waals surface area contributed by atoms with Gasteiger partial charge in [0, 0.05) is 11.1 Å². The number of carbonyl (C=O) groups excluding carboxylic acids is 1. The molecule has 25 heavy (non-hydrogen) atoms. The van der Waals surface area contributed by atoms with Crippen LogP contribution in [0.15, 0.2) is 71.8 Å². The van der Waals surface area contributed by atoms with E-state index < -0.39 is 0 Å². The first-order chi connectivity index (χ1) is 12.3. The van der Waals surface area contributed by atoms with Crippen molar-refractivity contribution in [1.82, 2.24) is 5.43 Å². The fraction of sp³-hybridized carbons (Fsp3) is 0.143. The number of hydrogen-bond acceptors (Lipinski definition) is 3. The highest BCUT2D eigenvalue weighted by atomic mass is 16.5. The molecule has 3 aromatic carbocycles. The van der Waals surface area contributed by atoms with E-state index >= 15 is 0 Å². The zero-order valence-corrected chi connectivity index (χ0v) is 14.1. The molecule has 0 atom stereocenters. The highest BCUT2D eigenvalue weighted by molar-refractivity contribution is 6.00. The van der Waals surface area contributed by atoms with Gasteiger partial charge in [-0.15, -0.1) is 0 Å². The van der Waals surface area contributed by atoms with Crippen molar-refractivity contribution in [2.75, 3.05) is 6.61 Å². The lowest BCUT2D eigenvalue weighted by molar-refractivity contribution is 0.0955. The third kappa shape index (κ3) is 4.23. The Morgan fingerprint density at radius 2 is 1.80 bits per heavy atom. The average molecular weight is 332 g/mol. The van der Waals surface area contributed by atoms with Crippen molar-refractivity contribution in [3.63, 3.8) is 0 Å². The van der Waals surface area contributed by atoms with Crippen LogP contribution in [-0.2, 0) is 0 Å². The third-order valence-electron chi connectivity index (χ3n) is 3.78. The number of fused-ring (bicyclic) bond motifs is 1. The summed E-state index contributed by atoms with van der Waals surface area (Å²) in [5.74, 6) is 0.510. The van der Waals surface area contributed by atoms with Crippen molar-refractivity contribution in [3.05, 3.63) is 77.9 Å². The van der Waals surface area contributed by atoms with Gasteiger partial charge in [0.2, 0.25) is 0 Å². The first-order valence-corrected chi connectivity index (χ1v) is 8.32. The van der Waals surface area contributed by atoms with Gasteiger partial charge >= 0.3 is 0 Å². The monoisotopic (exact) mass is 332 g/mol. The normalized spacial score (nSPS) is 10.9. The summed E-state index contributed by atoms with van der Waals surface area (Å²) in [5, 5.41) is 6.32. The maximum absolute atomic E-state index is 12.2. The van der Waals surface area contributed by atoms with Crippen molar-refractivity contribution in [2.45, 2.75) is 13.3 Å². The van der Waals surface area contributed by atoms with E-state index in [-0.39, 0.29) is 5.91 Å². The zero-order chi connectivity index (χ0) is 17.5. The van der Waals surface area contributed by atoms with Gasteiger partial charge in [-0.05, 0) is 41.5 Å². The lowest BCUT2D eigenvalue weighted by Gasteiger charge is -2.05. The van der Waals surface area contributed by atoms with Crippen molar-refractivity contribution in [1.29, 1.82) is 0 Å². The molecule has 126 valence electrons. The Morgan fingerprint density at radius 1 is 1.04 bits per heavy atom. The number of hydrogen-bond donors (Lipinski definition) is 1. The standard InChI is InChI=1S/C21H20N2O2/c1-2-14-25-19-12-10-17(11-13-19)21(24)23-22-15-18-8-5-7-16-6-3-4-9-20(16)18/h3-13,15H,2,14H2,1H3,(H,23,24)/b22-15-. The van der Waals surface area contributed by atoms with E-state index in [9.17, 15) is 4.79 Å². The quantitative estimate of drug-likeness (QED) is 0.537. The molecule has 0 aliphatic carbocycles. The second-order valence-electron chi connectivity index (χ2n) is 5.64. The molecule has 0 unspecified atom stereocenters. The zero-order valence-electron chi connectivity index (χ0n) is 14.1. The molecule has 0 saturated heterocycles. The molecule has 3 rings (SSSR count). The molecule has 4 heteroatoms. The lowest BCUT2D eigenvalue weighted by atomic mass is 10.1. The van der Waals surface area contributed by atoms with Crippen LogP contribution in [0.25, 0.3) is 10.8 Å². The summed E-state index contributed by atoms with van der Waals surface area (Å²) in [6, 6.07) is 21.1. The van der Waals surface area contributed by atoms with E-state index in [4.69, 9.17) is 4.74 Å². The van der Waals surface area contributed by atoms with Gasteiger partial charge in [0.25, 0.3) is 5.91 Å². The molecule has 1 amide bonds. The van der Waals surface area contributed by atoms with Gasteiger partial charge in [0.05, 0.1) is 12.8 Å². The van der Waals surface area contributed by atoms with E-state index in [1.54, 1.807) is 30.5 Å². The smallest absolute Gasteiger partial charge is 0.271 e. The van der Waals surface area contributed by atoms with Crippen molar-refractivity contribution in [2.24, 2.45) is 5.10 Å². The molecular weight excluding hydrogens is 312 g/mol. The number of amides is 1. The lowest BCUT2D eigenvalue weighted by Crippen LogP contribution is -2.17. The van der Waals surface area contributed by atoms with Crippen LogP contribution in [0.4, 0.5) is 0 Å². The molecule has 0 bridgehead atoms. The van der Waals surface area contributed by atoms with Crippen LogP contribution in [0.5, 0.6) is 5.75 Å². The molecule has 0 spiro atoms. The number of ether oxygens (including phenoxy) is 1. The Hall–Kier alpha value is -3.14. The predicted molar refractivity (Wildman–Crippen MR) is 101 cm³/mol. The van der Waals surface area contributed by atoms with E-state index in [1.165, 1.54) is 0 Å². The summed E-state index contributed by atoms with van der Waals surface area (Å²) in [5.41, 5.74) is 4.07. The molecule has 0 aliphatic heterocycles. The minimum atomic E-state index is -0.251. The summed E-state index contributed by atoms with van der Waals surface area (Å²) in [6.07, 6.45) is 2.62. The molecule has 0 heterocycles. The highest BCUT2D eigenvalue weighted by Crippen LogP contribution is 2.17. The third-order valence-corrected chi connectivity index (χ3v) is 3.78. The highest BCUT2D eigenvalue weighted by Gasteiger charge is 2.04. The van der Waals surface area contributed by atoms with Gasteiger partial charge < -0.3 is 4.74 Å². The second kappa shape index (κ2) is 8.11. The van der Waals surface area contributed by atoms with Crippen LogP contribution in [0.1, 0.15) is 29.3 Å². The van der Waals surface area contributed by atoms with Gasteiger partial charge in [-0.3, -0.25) is 4.79 Å². The van der Waals surface area contributed by atoms with Crippen LogP contribution < -0.4 is 10.2 Å². The fourth-order valence-electron chi connectivity index (χ4n) is 2.51. The molecule has 0 saturated carbocycles. The van der Waals surface area contributed by atoms with Crippen molar-refractivity contribution in [3.8, 4) is 5.75 Å². The molecular formula is C21H20N2O2. The first kappa shape index (κ1) is 16.7. The van der Waals surface area contributed by atoms with Crippen LogP contribution >= 0.6 is 0 Å². The summed E-state index contributed by atoms with van der Waals surface area (Å²) >= 11 is 0. The summed E-state index contributed by atoms with van der Waals surface area (Å²) < 4.78 is 5.51. The molecule has 0 aromatic heterocycles. The predicted octanol–water partition coefficient (Wildman–Crippen LogP) is 4.39. The van der Waals surface area contributed by atoms with Gasteiger partial charge in [-0.1, -0.05) is 49.4 Å². The van der Waals surface area contributed by atoms with E-state index in [0.29, 0.717) is 12.2 Å². The fourth-order valence-corrected chi connectivity index (χ4v) is 2.51. The summed E-state index contributed by atoms with van der Waals surface area (Å²) in [6.45, 7) is 2.72. The maximum Gasteiger partial charge on any atom is 0.271 e. The summed E-state index contributed by atoms with van der Waals surface area (Å²) in [7, 11) is 0. The number of hydrazone groups is 1. The van der Waals surface area contributed by atoms with Crippen LogP contribution in [0.3, 0.4) is 0 Å². The van der Waals surface area contributed by atoms with Crippen LogP contribution in [0, 0.1) is 0 Å². The van der Waals surface area contributed by atoms with Crippen molar-refractivity contribution >= 4 is 22.9 Å². The van der Waals surface area contributed by atoms with E-state index in [2.05, 4.69) is 17.5 Å². The minimum absolute atomic E-state index is 0.251. The Balaban J connectivity index is 1.66. The summed E-state index contributed by atoms with van der Waals surface area (Å²) in [4.78, 5) is 12.2. The minimum Gasteiger partial charge on any atom is -0.494 e. The Bertz CT molecular complexity index is 881. The Kier molecular flexibility index (Phi) is 5.42. The Labute approximate surface area is 147 Å². The molecule has 4 nitrogen and oxygen atoms in total. The molecule has 3 aromatic rings. The van der Waals surface area contributed by atoms with E-state index in [1.807, 2.05) is 42.5 Å². The van der Waals surface area contributed by atoms with E-state index in [0.717, 1.165) is 28.5 Å². The largest absolute Gasteiger partial charge is 0.494 e.